The van der Waals surface area contributed by atoms with Crippen LogP contribution in [0.2, 0.25) is 0 Å². The second-order valence-electron chi connectivity index (χ2n) is 4.40. The van der Waals surface area contributed by atoms with E-state index in [0.29, 0.717) is 11.1 Å². The van der Waals surface area contributed by atoms with E-state index in [2.05, 4.69) is 0 Å². The van der Waals surface area contributed by atoms with Gasteiger partial charge in [0.2, 0.25) is 0 Å². The second kappa shape index (κ2) is 6.49. The molecule has 0 aliphatic heterocycles. The van der Waals surface area contributed by atoms with Crippen LogP contribution in [-0.2, 0) is 5.75 Å². The van der Waals surface area contributed by atoms with Gasteiger partial charge in [-0.25, -0.2) is 4.39 Å². The molecule has 0 bridgehead atoms. The zero-order valence-corrected chi connectivity index (χ0v) is 12.0. The quantitative estimate of drug-likeness (QED) is 0.359. The van der Waals surface area contributed by atoms with Gasteiger partial charge in [-0.05, 0) is 31.2 Å². The fourth-order valence-electron chi connectivity index (χ4n) is 1.81. The Labute approximate surface area is 125 Å². The molecule has 0 spiro atoms. The monoisotopic (exact) mass is 305 g/mol. The van der Waals surface area contributed by atoms with Gasteiger partial charge in [0.1, 0.15) is 5.82 Å². The van der Waals surface area contributed by atoms with Crippen molar-refractivity contribution in [2.45, 2.75) is 17.6 Å². The molecule has 0 amide bonds. The summed E-state index contributed by atoms with van der Waals surface area (Å²) in [5.41, 5.74) is 0.790. The molecule has 0 aliphatic rings. The molecule has 2 aromatic carbocycles. The van der Waals surface area contributed by atoms with E-state index in [1.807, 2.05) is 6.07 Å². The minimum Gasteiger partial charge on any atom is -0.295 e. The molecule has 0 N–H and O–H groups in total. The van der Waals surface area contributed by atoms with Crippen molar-refractivity contribution >= 4 is 23.2 Å². The second-order valence-corrected chi connectivity index (χ2v) is 5.45. The van der Waals surface area contributed by atoms with Crippen LogP contribution in [0.1, 0.15) is 22.8 Å². The fraction of sp³-hybridized carbons (Fsp3) is 0.133. The average Bonchev–Trinajstić information content (AvgIpc) is 2.45. The summed E-state index contributed by atoms with van der Waals surface area (Å²) in [4.78, 5) is 22.5. The van der Waals surface area contributed by atoms with Gasteiger partial charge in [0.05, 0.1) is 4.92 Å². The van der Waals surface area contributed by atoms with Crippen LogP contribution in [0.25, 0.3) is 0 Å². The molecule has 2 rings (SSSR count). The van der Waals surface area contributed by atoms with Crippen molar-refractivity contribution in [2.24, 2.45) is 0 Å². The van der Waals surface area contributed by atoms with E-state index in [4.69, 9.17) is 0 Å². The maximum atomic E-state index is 13.2. The first-order chi connectivity index (χ1) is 9.97. The van der Waals surface area contributed by atoms with Crippen LogP contribution >= 0.6 is 11.8 Å². The standard InChI is InChI=1S/C15H12FNO3S/c1-10(18)11-3-2-4-14(8-11)21-9-12-7-13(16)5-6-15(12)17(19)20/h2-8H,9H2,1H3. The Morgan fingerprint density at radius 1 is 1.29 bits per heavy atom. The van der Waals surface area contributed by atoms with Gasteiger partial charge >= 0.3 is 0 Å². The predicted molar refractivity (Wildman–Crippen MR) is 79.1 cm³/mol. The first kappa shape index (κ1) is 15.2. The van der Waals surface area contributed by atoms with Gasteiger partial charge in [0.25, 0.3) is 5.69 Å². The largest absolute Gasteiger partial charge is 0.295 e. The average molecular weight is 305 g/mol. The Bertz CT molecular complexity index is 703. The normalized spacial score (nSPS) is 10.4. The van der Waals surface area contributed by atoms with Gasteiger partial charge in [0, 0.05) is 27.8 Å². The molecule has 2 aromatic rings. The highest BCUT2D eigenvalue weighted by molar-refractivity contribution is 7.98. The number of benzene rings is 2. The third kappa shape index (κ3) is 3.88. The number of ketones is 1. The van der Waals surface area contributed by atoms with Gasteiger partial charge < -0.3 is 0 Å². The van der Waals surface area contributed by atoms with Crippen molar-refractivity contribution in [3.05, 3.63) is 69.5 Å². The number of carbonyl (C=O) groups is 1. The fourth-order valence-corrected chi connectivity index (χ4v) is 2.75. The maximum absolute atomic E-state index is 13.2. The van der Waals surface area contributed by atoms with Crippen molar-refractivity contribution in [1.29, 1.82) is 0 Å². The number of nitrogens with zero attached hydrogens (tertiary/aromatic N) is 1. The summed E-state index contributed by atoms with van der Waals surface area (Å²) in [6.07, 6.45) is 0. The lowest BCUT2D eigenvalue weighted by Crippen LogP contribution is -1.95. The van der Waals surface area contributed by atoms with E-state index in [9.17, 15) is 19.3 Å². The molecular weight excluding hydrogens is 293 g/mol. The smallest absolute Gasteiger partial charge is 0.273 e. The summed E-state index contributed by atoms with van der Waals surface area (Å²) in [5, 5.41) is 10.9. The number of Topliss-reactive ketones (excluding diaryl/α,β-unsaturated/α-hetero) is 1. The van der Waals surface area contributed by atoms with E-state index < -0.39 is 10.7 Å². The molecule has 0 fully saturated rings. The number of thioether (sulfide) groups is 1. The number of nitro groups is 1. The molecule has 108 valence electrons. The number of carbonyl (C=O) groups excluding carboxylic acids is 1. The van der Waals surface area contributed by atoms with Crippen LogP contribution in [0.5, 0.6) is 0 Å². The third-order valence-electron chi connectivity index (χ3n) is 2.87. The summed E-state index contributed by atoms with van der Waals surface area (Å²) >= 11 is 1.32. The van der Waals surface area contributed by atoms with Crippen molar-refractivity contribution < 1.29 is 14.1 Å². The molecule has 21 heavy (non-hydrogen) atoms. The van der Waals surface area contributed by atoms with Crippen molar-refractivity contribution in [1.82, 2.24) is 0 Å². The van der Waals surface area contributed by atoms with E-state index >= 15 is 0 Å². The zero-order chi connectivity index (χ0) is 15.4. The molecular formula is C15H12FNO3S. The van der Waals surface area contributed by atoms with Crippen LogP contribution in [0.15, 0.2) is 47.4 Å². The highest BCUT2D eigenvalue weighted by atomic mass is 32.2. The predicted octanol–water partition coefficient (Wildman–Crippen LogP) is 4.23. The molecule has 0 aliphatic carbocycles. The molecule has 0 saturated carbocycles. The zero-order valence-electron chi connectivity index (χ0n) is 11.2. The molecule has 0 atom stereocenters. The van der Waals surface area contributed by atoms with Crippen molar-refractivity contribution in [3.8, 4) is 0 Å². The Kier molecular flexibility index (Phi) is 4.70. The SMILES string of the molecule is CC(=O)c1cccc(SCc2cc(F)ccc2[N+](=O)[O-])c1. The van der Waals surface area contributed by atoms with E-state index in [0.717, 1.165) is 17.0 Å². The third-order valence-corrected chi connectivity index (χ3v) is 3.92. The Balaban J connectivity index is 2.20. The molecule has 0 saturated heterocycles. The number of hydrogen-bond donors (Lipinski definition) is 0. The van der Waals surface area contributed by atoms with Gasteiger partial charge in [-0.2, -0.15) is 0 Å². The van der Waals surface area contributed by atoms with Gasteiger partial charge in [-0.15, -0.1) is 11.8 Å². The van der Waals surface area contributed by atoms with Crippen LogP contribution in [-0.4, -0.2) is 10.7 Å². The summed E-state index contributed by atoms with van der Waals surface area (Å²) in [7, 11) is 0. The van der Waals surface area contributed by atoms with Gasteiger partial charge in [-0.3, -0.25) is 14.9 Å². The highest BCUT2D eigenvalue weighted by Gasteiger charge is 2.14. The Morgan fingerprint density at radius 3 is 2.71 bits per heavy atom. The molecule has 4 nitrogen and oxygen atoms in total. The van der Waals surface area contributed by atoms with Crippen LogP contribution in [0.3, 0.4) is 0 Å². The van der Waals surface area contributed by atoms with Crippen LogP contribution in [0, 0.1) is 15.9 Å². The summed E-state index contributed by atoms with van der Waals surface area (Å²) in [6, 6.07) is 10.4. The minimum atomic E-state index is -0.526. The lowest BCUT2D eigenvalue weighted by Gasteiger charge is -2.05. The molecule has 0 radical (unpaired) electrons. The molecule has 0 heterocycles. The lowest BCUT2D eigenvalue weighted by atomic mass is 10.2. The van der Waals surface area contributed by atoms with Crippen LogP contribution < -0.4 is 0 Å². The van der Waals surface area contributed by atoms with E-state index in [1.54, 1.807) is 18.2 Å². The van der Waals surface area contributed by atoms with E-state index in [1.165, 1.54) is 24.8 Å². The van der Waals surface area contributed by atoms with Crippen molar-refractivity contribution in [3.63, 3.8) is 0 Å². The first-order valence-electron chi connectivity index (χ1n) is 6.14. The van der Waals surface area contributed by atoms with E-state index in [-0.39, 0.29) is 17.2 Å². The Hall–Kier alpha value is -2.21. The number of halogens is 1. The number of rotatable bonds is 5. The summed E-state index contributed by atoms with van der Waals surface area (Å²) in [6.45, 7) is 1.47. The summed E-state index contributed by atoms with van der Waals surface area (Å²) < 4.78 is 13.2. The molecule has 6 heteroatoms. The topological polar surface area (TPSA) is 60.2 Å². The lowest BCUT2D eigenvalue weighted by molar-refractivity contribution is -0.385. The maximum Gasteiger partial charge on any atom is 0.273 e. The first-order valence-corrected chi connectivity index (χ1v) is 7.12. The Morgan fingerprint density at radius 2 is 2.05 bits per heavy atom. The summed E-state index contributed by atoms with van der Waals surface area (Å²) in [5.74, 6) is -0.294. The highest BCUT2D eigenvalue weighted by Crippen LogP contribution is 2.29. The molecule has 0 aromatic heterocycles. The van der Waals surface area contributed by atoms with Crippen molar-refractivity contribution in [2.75, 3.05) is 0 Å². The number of hydrogen-bond acceptors (Lipinski definition) is 4. The van der Waals surface area contributed by atoms with Gasteiger partial charge in [0.15, 0.2) is 5.78 Å². The number of nitro benzene ring substituents is 1. The molecule has 0 unspecified atom stereocenters. The van der Waals surface area contributed by atoms with Crippen LogP contribution in [0.4, 0.5) is 10.1 Å². The van der Waals surface area contributed by atoms with Gasteiger partial charge in [-0.1, -0.05) is 12.1 Å². The minimum absolute atomic E-state index is 0.0470.